The normalized spacial score (nSPS) is 11.2. The van der Waals surface area contributed by atoms with E-state index >= 15 is 0 Å². The number of nitrogens with zero attached hydrogens (tertiary/aromatic N) is 1. The maximum absolute atomic E-state index is 12.8. The number of aromatic nitrogens is 1. The maximum atomic E-state index is 12.8. The predicted octanol–water partition coefficient (Wildman–Crippen LogP) is 4.11. The highest BCUT2D eigenvalue weighted by molar-refractivity contribution is 6.30. The van der Waals surface area contributed by atoms with Gasteiger partial charge < -0.3 is 10.6 Å². The van der Waals surface area contributed by atoms with Crippen LogP contribution in [0.1, 0.15) is 11.1 Å². The number of carbonyl (C=O) groups excluding carboxylic acids is 1. The molecule has 1 amide bonds. The van der Waals surface area contributed by atoms with E-state index in [2.05, 4.69) is 15.6 Å². The van der Waals surface area contributed by atoms with Gasteiger partial charge in [0.1, 0.15) is 5.82 Å². The second-order valence-electron chi connectivity index (χ2n) is 4.79. The van der Waals surface area contributed by atoms with Gasteiger partial charge in [-0.2, -0.15) is 13.2 Å². The second kappa shape index (κ2) is 6.87. The van der Waals surface area contributed by atoms with Gasteiger partial charge in [-0.25, -0.2) is 4.98 Å². The zero-order valence-corrected chi connectivity index (χ0v) is 12.8. The highest BCUT2D eigenvalue weighted by Crippen LogP contribution is 2.33. The molecule has 0 aliphatic heterocycles. The van der Waals surface area contributed by atoms with Gasteiger partial charge in [-0.1, -0.05) is 17.7 Å². The molecule has 1 aromatic heterocycles. The van der Waals surface area contributed by atoms with Crippen LogP contribution in [0, 0.1) is 6.92 Å². The number of halogens is 4. The molecule has 4 nitrogen and oxygen atoms in total. The Hall–Kier alpha value is -2.28. The van der Waals surface area contributed by atoms with Crippen LogP contribution in [-0.2, 0) is 11.0 Å². The quantitative estimate of drug-likeness (QED) is 0.878. The SMILES string of the molecule is Cc1ccc(NCC(=O)Nc2ccc(Cl)cn2)cc1C(F)(F)F. The van der Waals surface area contributed by atoms with Gasteiger partial charge in [0.15, 0.2) is 0 Å². The number of aryl methyl sites for hydroxylation is 1. The Kier molecular flexibility index (Phi) is 5.10. The van der Waals surface area contributed by atoms with Crippen molar-refractivity contribution in [3.63, 3.8) is 0 Å². The lowest BCUT2D eigenvalue weighted by Crippen LogP contribution is -2.22. The molecule has 2 rings (SSSR count). The van der Waals surface area contributed by atoms with Gasteiger partial charge in [0.05, 0.1) is 17.1 Å². The van der Waals surface area contributed by atoms with Gasteiger partial charge in [0.25, 0.3) is 0 Å². The van der Waals surface area contributed by atoms with Crippen LogP contribution in [0.15, 0.2) is 36.5 Å². The lowest BCUT2D eigenvalue weighted by molar-refractivity contribution is -0.138. The Morgan fingerprint density at radius 3 is 2.61 bits per heavy atom. The molecule has 0 saturated heterocycles. The lowest BCUT2D eigenvalue weighted by Gasteiger charge is -2.13. The van der Waals surface area contributed by atoms with Crippen LogP contribution in [0.3, 0.4) is 0 Å². The van der Waals surface area contributed by atoms with Crippen molar-refractivity contribution < 1.29 is 18.0 Å². The molecule has 8 heteroatoms. The van der Waals surface area contributed by atoms with E-state index in [9.17, 15) is 18.0 Å². The molecular formula is C15H13ClF3N3O. The van der Waals surface area contributed by atoms with Crippen LogP contribution < -0.4 is 10.6 Å². The molecule has 1 heterocycles. The maximum Gasteiger partial charge on any atom is 0.416 e. The van der Waals surface area contributed by atoms with Crippen molar-refractivity contribution in [1.29, 1.82) is 0 Å². The zero-order chi connectivity index (χ0) is 17.0. The fraction of sp³-hybridized carbons (Fsp3) is 0.200. The van der Waals surface area contributed by atoms with E-state index in [1.807, 2.05) is 0 Å². The first kappa shape index (κ1) is 17.1. The summed E-state index contributed by atoms with van der Waals surface area (Å²) in [4.78, 5) is 15.6. The fourth-order valence-electron chi connectivity index (χ4n) is 1.86. The van der Waals surface area contributed by atoms with Gasteiger partial charge in [-0.3, -0.25) is 4.79 Å². The number of nitrogens with one attached hydrogen (secondary N) is 2. The van der Waals surface area contributed by atoms with Crippen molar-refractivity contribution >= 4 is 29.0 Å². The molecule has 23 heavy (non-hydrogen) atoms. The fourth-order valence-corrected chi connectivity index (χ4v) is 1.97. The summed E-state index contributed by atoms with van der Waals surface area (Å²) < 4.78 is 38.5. The number of carbonyl (C=O) groups is 1. The summed E-state index contributed by atoms with van der Waals surface area (Å²) >= 11 is 5.67. The Labute approximate surface area is 135 Å². The van der Waals surface area contributed by atoms with Gasteiger partial charge in [-0.15, -0.1) is 0 Å². The summed E-state index contributed by atoms with van der Waals surface area (Å²) in [5, 5.41) is 5.58. The third kappa shape index (κ3) is 4.85. The summed E-state index contributed by atoms with van der Waals surface area (Å²) in [6.07, 6.45) is -3.06. The van der Waals surface area contributed by atoms with Crippen LogP contribution in [0.2, 0.25) is 5.02 Å². The molecule has 0 radical (unpaired) electrons. The highest BCUT2D eigenvalue weighted by atomic mass is 35.5. The average molecular weight is 344 g/mol. The highest BCUT2D eigenvalue weighted by Gasteiger charge is 2.32. The van der Waals surface area contributed by atoms with Crippen LogP contribution >= 0.6 is 11.6 Å². The lowest BCUT2D eigenvalue weighted by atomic mass is 10.1. The Morgan fingerprint density at radius 1 is 1.26 bits per heavy atom. The van der Waals surface area contributed by atoms with Crippen molar-refractivity contribution in [1.82, 2.24) is 4.98 Å². The van der Waals surface area contributed by atoms with E-state index in [1.165, 1.54) is 31.3 Å². The average Bonchev–Trinajstić information content (AvgIpc) is 2.47. The van der Waals surface area contributed by atoms with Crippen LogP contribution in [0.4, 0.5) is 24.7 Å². The number of anilines is 2. The van der Waals surface area contributed by atoms with E-state index < -0.39 is 17.6 Å². The summed E-state index contributed by atoms with van der Waals surface area (Å²) in [7, 11) is 0. The summed E-state index contributed by atoms with van der Waals surface area (Å²) in [5.41, 5.74) is -0.401. The predicted molar refractivity (Wildman–Crippen MR) is 82.5 cm³/mol. The van der Waals surface area contributed by atoms with Crippen LogP contribution in [0.25, 0.3) is 0 Å². The third-order valence-corrected chi connectivity index (χ3v) is 3.21. The first-order valence-corrected chi connectivity index (χ1v) is 6.96. The van der Waals surface area contributed by atoms with E-state index in [4.69, 9.17) is 11.6 Å². The molecule has 0 fully saturated rings. The van der Waals surface area contributed by atoms with E-state index in [0.29, 0.717) is 10.8 Å². The van der Waals surface area contributed by atoms with Crippen LogP contribution in [0.5, 0.6) is 0 Å². The van der Waals surface area contributed by atoms with Gasteiger partial charge in [0.2, 0.25) is 5.91 Å². The molecule has 2 N–H and O–H groups in total. The Morgan fingerprint density at radius 2 is 2.00 bits per heavy atom. The number of alkyl halides is 3. The van der Waals surface area contributed by atoms with E-state index in [-0.39, 0.29) is 17.8 Å². The topological polar surface area (TPSA) is 54.0 Å². The minimum absolute atomic E-state index is 0.123. The third-order valence-electron chi connectivity index (χ3n) is 2.99. The van der Waals surface area contributed by atoms with Crippen molar-refractivity contribution in [3.8, 4) is 0 Å². The largest absolute Gasteiger partial charge is 0.416 e. The molecule has 2 aromatic rings. The molecule has 0 spiro atoms. The summed E-state index contributed by atoms with van der Waals surface area (Å²) in [5.74, 6) is -0.130. The molecule has 0 atom stereocenters. The number of pyridine rings is 1. The van der Waals surface area contributed by atoms with E-state index in [0.717, 1.165) is 6.07 Å². The molecular weight excluding hydrogens is 331 g/mol. The first-order chi connectivity index (χ1) is 10.8. The Balaban J connectivity index is 1.98. The minimum Gasteiger partial charge on any atom is -0.376 e. The molecule has 1 aromatic carbocycles. The van der Waals surface area contributed by atoms with Gasteiger partial charge >= 0.3 is 6.18 Å². The number of hydrogen-bond acceptors (Lipinski definition) is 3. The molecule has 122 valence electrons. The molecule has 0 aliphatic rings. The summed E-state index contributed by atoms with van der Waals surface area (Å²) in [6, 6.07) is 6.90. The number of rotatable bonds is 4. The second-order valence-corrected chi connectivity index (χ2v) is 5.23. The molecule has 0 saturated carbocycles. The Bertz CT molecular complexity index is 702. The first-order valence-electron chi connectivity index (χ1n) is 6.59. The van der Waals surface area contributed by atoms with Gasteiger partial charge in [0, 0.05) is 11.9 Å². The number of amides is 1. The van der Waals surface area contributed by atoms with Crippen molar-refractivity contribution in [2.45, 2.75) is 13.1 Å². The monoisotopic (exact) mass is 343 g/mol. The zero-order valence-electron chi connectivity index (χ0n) is 12.0. The van der Waals surface area contributed by atoms with Crippen LogP contribution in [-0.4, -0.2) is 17.4 Å². The number of benzene rings is 1. The standard InChI is InChI=1S/C15H13ClF3N3O/c1-9-2-4-11(6-12(9)15(17,18)19)20-8-14(23)22-13-5-3-10(16)7-21-13/h2-7,20H,8H2,1H3,(H,21,22,23). The van der Waals surface area contributed by atoms with Crippen molar-refractivity contribution in [3.05, 3.63) is 52.7 Å². The molecule has 0 bridgehead atoms. The smallest absolute Gasteiger partial charge is 0.376 e. The molecule has 0 unspecified atom stereocenters. The van der Waals surface area contributed by atoms with Crippen molar-refractivity contribution in [2.75, 3.05) is 17.2 Å². The number of hydrogen-bond donors (Lipinski definition) is 2. The molecule has 0 aliphatic carbocycles. The summed E-state index contributed by atoms with van der Waals surface area (Å²) in [6.45, 7) is 1.19. The van der Waals surface area contributed by atoms with Gasteiger partial charge in [-0.05, 0) is 36.8 Å². The van der Waals surface area contributed by atoms with E-state index in [1.54, 1.807) is 6.07 Å². The minimum atomic E-state index is -4.43. The van der Waals surface area contributed by atoms with Crippen molar-refractivity contribution in [2.24, 2.45) is 0 Å².